The van der Waals surface area contributed by atoms with Crippen molar-refractivity contribution >= 4 is 27.6 Å². The number of hydrogen-bond donors (Lipinski definition) is 2. The van der Waals surface area contributed by atoms with Gasteiger partial charge in [-0.25, -0.2) is 8.42 Å². The van der Waals surface area contributed by atoms with Crippen molar-refractivity contribution in [3.8, 4) is 0 Å². The smallest absolute Gasteiger partial charge is 0.304 e. The number of likely N-dealkylation sites (tertiary alicyclic amines) is 1. The fraction of sp³-hybridized carbons (Fsp3) is 0.571. The molecule has 1 aromatic carbocycles. The fourth-order valence-electron chi connectivity index (χ4n) is 4.22. The number of fused-ring (bicyclic) bond motifs is 1. The molecule has 1 aliphatic rings. The van der Waals surface area contributed by atoms with Crippen molar-refractivity contribution in [2.75, 3.05) is 32.8 Å². The van der Waals surface area contributed by atoms with Crippen LogP contribution in [0.1, 0.15) is 37.7 Å². The number of rotatable bonds is 10. The molecule has 29 heavy (non-hydrogen) atoms. The molecule has 0 amide bonds. The summed E-state index contributed by atoms with van der Waals surface area (Å²) in [7, 11) is -2.74. The van der Waals surface area contributed by atoms with Crippen molar-refractivity contribution in [1.82, 2.24) is 9.47 Å². The molecular formula is C21H30N2O5S. The number of nitrogens with zero attached hydrogens (tertiary/aromatic N) is 2. The molecule has 2 heterocycles. The molecule has 1 aromatic heterocycles. The molecule has 8 heteroatoms. The van der Waals surface area contributed by atoms with Gasteiger partial charge in [-0.1, -0.05) is 18.2 Å². The molecular weight excluding hydrogens is 392 g/mol. The number of benzene rings is 1. The van der Waals surface area contributed by atoms with Gasteiger partial charge in [-0.2, -0.15) is 0 Å². The molecule has 3 rings (SSSR count). The van der Waals surface area contributed by atoms with Crippen LogP contribution in [0, 0.1) is 0 Å². The minimum Gasteiger partial charge on any atom is -0.481 e. The summed E-state index contributed by atoms with van der Waals surface area (Å²) < 4.78 is 30.6. The van der Waals surface area contributed by atoms with Crippen molar-refractivity contribution in [3.63, 3.8) is 0 Å². The van der Waals surface area contributed by atoms with Gasteiger partial charge in [0.05, 0.1) is 18.3 Å². The Morgan fingerprint density at radius 3 is 2.66 bits per heavy atom. The third-order valence-electron chi connectivity index (χ3n) is 5.70. The van der Waals surface area contributed by atoms with Gasteiger partial charge in [0.25, 0.3) is 0 Å². The third kappa shape index (κ3) is 5.58. The number of carboxylic acids is 1. The number of carboxylic acid groups (broad SMARTS) is 1. The predicted octanol–water partition coefficient (Wildman–Crippen LogP) is 2.31. The molecule has 0 bridgehead atoms. The van der Waals surface area contributed by atoms with Gasteiger partial charge in [0, 0.05) is 36.8 Å². The first-order valence-electron chi connectivity index (χ1n) is 10.2. The molecule has 1 aliphatic heterocycles. The van der Waals surface area contributed by atoms with Gasteiger partial charge >= 0.3 is 5.97 Å². The van der Waals surface area contributed by atoms with Crippen molar-refractivity contribution in [2.24, 2.45) is 0 Å². The number of aromatic nitrogens is 1. The van der Waals surface area contributed by atoms with E-state index in [4.69, 9.17) is 9.84 Å². The van der Waals surface area contributed by atoms with Gasteiger partial charge in [-0.3, -0.25) is 4.79 Å². The lowest BCUT2D eigenvalue weighted by Crippen LogP contribution is -2.39. The molecule has 1 N–H and O–H groups in total. The Hall–Kier alpha value is -1.90. The lowest BCUT2D eigenvalue weighted by Gasteiger charge is -2.33. The Morgan fingerprint density at radius 2 is 2.00 bits per heavy atom. The monoisotopic (exact) mass is 422 g/mol. The molecule has 1 unspecified atom stereocenters. The molecule has 160 valence electrons. The second-order valence-corrected chi connectivity index (χ2v) is 8.90. The number of hydrogen-bond acceptors (Lipinski definition) is 5. The van der Waals surface area contributed by atoms with Crippen molar-refractivity contribution in [2.45, 2.75) is 43.9 Å². The van der Waals surface area contributed by atoms with Gasteiger partial charge < -0.3 is 19.3 Å². The summed E-state index contributed by atoms with van der Waals surface area (Å²) in [4.78, 5) is 13.0. The van der Waals surface area contributed by atoms with E-state index >= 15 is 0 Å². The van der Waals surface area contributed by atoms with E-state index in [1.54, 1.807) is 0 Å². The van der Waals surface area contributed by atoms with Gasteiger partial charge in [0.2, 0.25) is 0 Å². The van der Waals surface area contributed by atoms with Crippen molar-refractivity contribution in [3.05, 3.63) is 36.0 Å². The molecule has 0 saturated carbocycles. The normalized spacial score (nSPS) is 17.2. The molecule has 7 nitrogen and oxygen atoms in total. The Balaban J connectivity index is 1.67. The minimum atomic E-state index is -2.74. The first-order valence-corrected chi connectivity index (χ1v) is 11.5. The lowest BCUT2D eigenvalue weighted by atomic mass is 9.89. The maximum Gasteiger partial charge on any atom is 0.304 e. The summed E-state index contributed by atoms with van der Waals surface area (Å²) in [6.45, 7) is 6.07. The van der Waals surface area contributed by atoms with Crippen LogP contribution in [0.15, 0.2) is 30.5 Å². The molecule has 1 fully saturated rings. The van der Waals surface area contributed by atoms with E-state index in [2.05, 4.69) is 39.9 Å². The predicted molar refractivity (Wildman–Crippen MR) is 113 cm³/mol. The van der Waals surface area contributed by atoms with Crippen LogP contribution in [0.4, 0.5) is 0 Å². The van der Waals surface area contributed by atoms with Crippen LogP contribution in [-0.2, 0) is 26.8 Å². The molecule has 0 spiro atoms. The van der Waals surface area contributed by atoms with Crippen LogP contribution in [0.2, 0.25) is 0 Å². The Labute approximate surface area is 173 Å². The lowest BCUT2D eigenvalue weighted by molar-refractivity contribution is -0.137. The van der Waals surface area contributed by atoms with E-state index < -0.39 is 21.9 Å². The largest absolute Gasteiger partial charge is 0.481 e. The average Bonchev–Trinajstić information content (AvgIpc) is 3.07. The van der Waals surface area contributed by atoms with E-state index in [1.165, 1.54) is 16.5 Å². The number of ether oxygens (including phenoxy) is 1. The zero-order chi connectivity index (χ0) is 20.8. The zero-order valence-corrected chi connectivity index (χ0v) is 17.7. The fourth-order valence-corrected chi connectivity index (χ4v) is 4.89. The van der Waals surface area contributed by atoms with Gasteiger partial charge in [0.1, 0.15) is 10.7 Å². The number of thiol groups is 1. The van der Waals surface area contributed by atoms with E-state index in [1.807, 2.05) is 6.92 Å². The number of aliphatic carboxylic acids is 1. The molecule has 0 radical (unpaired) electrons. The summed E-state index contributed by atoms with van der Waals surface area (Å²) in [6, 6.07) is 8.42. The summed E-state index contributed by atoms with van der Waals surface area (Å²) in [5, 5.41) is 9.39. The van der Waals surface area contributed by atoms with Crippen molar-refractivity contribution in [1.29, 1.82) is 0 Å². The molecule has 2 aromatic rings. The van der Waals surface area contributed by atoms with Gasteiger partial charge in [-0.15, -0.1) is 0 Å². The van der Waals surface area contributed by atoms with Crippen LogP contribution in [0.5, 0.6) is 0 Å². The summed E-state index contributed by atoms with van der Waals surface area (Å²) in [6.07, 6.45) is 3.79. The Bertz CT molecular complexity index is 892. The zero-order valence-electron chi connectivity index (χ0n) is 16.8. The first-order chi connectivity index (χ1) is 14.0. The topological polar surface area (TPSA) is 88.8 Å². The molecule has 1 atom stereocenters. The maximum absolute atomic E-state index is 11.4. The van der Waals surface area contributed by atoms with Crippen molar-refractivity contribution < 1.29 is 23.1 Å². The second-order valence-electron chi connectivity index (χ2n) is 7.60. The highest BCUT2D eigenvalue weighted by atomic mass is 32.2. The van der Waals surface area contributed by atoms with Gasteiger partial charge in [0.15, 0.2) is 0 Å². The minimum absolute atomic E-state index is 0.299. The number of para-hydroxylation sites is 1. The highest BCUT2D eigenvalue weighted by Crippen LogP contribution is 2.34. The van der Waals surface area contributed by atoms with Crippen LogP contribution in [0.25, 0.3) is 10.9 Å². The molecule has 0 aliphatic carbocycles. The molecule has 1 saturated heterocycles. The Kier molecular flexibility index (Phi) is 7.69. The standard InChI is InChI=1S/C21H30N2O5S/c1-2-28-12-11-23-15-19(18-5-3-4-6-20(18)23)16-7-9-22(10-8-16)14-17(29(26)27)13-21(24)25/h3-6,15-17,29H,2,7-14H2,1H3,(H,24,25). The average molecular weight is 423 g/mol. The van der Waals surface area contributed by atoms with Crippen LogP contribution in [-0.4, -0.2) is 67.1 Å². The van der Waals surface area contributed by atoms with E-state index in [-0.39, 0.29) is 6.42 Å². The first kappa shape index (κ1) is 21.8. The number of piperidine rings is 1. The van der Waals surface area contributed by atoms with Crippen LogP contribution in [0.3, 0.4) is 0 Å². The maximum atomic E-state index is 11.4. The quantitative estimate of drug-likeness (QED) is 0.451. The summed E-state index contributed by atoms with van der Waals surface area (Å²) >= 11 is 0. The summed E-state index contributed by atoms with van der Waals surface area (Å²) in [5.41, 5.74) is 2.56. The SMILES string of the molecule is CCOCCn1cc(C2CCN(CC(CC(=O)O)[SH](=O)=O)CC2)c2ccccc21. The number of carbonyl (C=O) groups is 1. The highest BCUT2D eigenvalue weighted by molar-refractivity contribution is 7.73. The van der Waals surface area contributed by atoms with Crippen LogP contribution < -0.4 is 0 Å². The van der Waals surface area contributed by atoms with E-state index in [0.717, 1.165) is 32.5 Å². The van der Waals surface area contributed by atoms with E-state index in [9.17, 15) is 13.2 Å². The van der Waals surface area contributed by atoms with Gasteiger partial charge in [-0.05, 0) is 50.4 Å². The second kappa shape index (κ2) is 10.2. The van der Waals surface area contributed by atoms with E-state index in [0.29, 0.717) is 25.7 Å². The van der Waals surface area contributed by atoms with Crippen LogP contribution >= 0.6 is 0 Å². The highest BCUT2D eigenvalue weighted by Gasteiger charge is 2.26. The Morgan fingerprint density at radius 1 is 1.28 bits per heavy atom. The third-order valence-corrected chi connectivity index (χ3v) is 6.65. The summed E-state index contributed by atoms with van der Waals surface area (Å²) in [5.74, 6) is -0.646.